The fraction of sp³-hybridized carbons (Fsp3) is 1.00. The summed E-state index contributed by atoms with van der Waals surface area (Å²) in [6, 6.07) is 0. The molecule has 0 heterocycles. The molecule has 0 radical (unpaired) electrons. The summed E-state index contributed by atoms with van der Waals surface area (Å²) < 4.78 is 2.21. The van der Waals surface area contributed by atoms with Crippen LogP contribution in [0.3, 0.4) is 0 Å². The molecule has 0 rings (SSSR count). The van der Waals surface area contributed by atoms with Crippen LogP contribution in [0, 0.1) is 0 Å². The van der Waals surface area contributed by atoms with Crippen molar-refractivity contribution in [2.24, 2.45) is 0 Å². The molecule has 0 fully saturated rings. The van der Waals surface area contributed by atoms with Gasteiger partial charge in [0.05, 0.1) is 41.8 Å². The Bertz CT molecular complexity index is 241. The zero-order chi connectivity index (χ0) is 16.9. The fourth-order valence-corrected chi connectivity index (χ4v) is 3.60. The molecule has 0 bridgehead atoms. The van der Waals surface area contributed by atoms with Crippen molar-refractivity contribution in [3.05, 3.63) is 0 Å². The number of rotatable bonds is 15. The van der Waals surface area contributed by atoms with E-state index in [0.717, 1.165) is 8.97 Å². The predicted molar refractivity (Wildman–Crippen MR) is 101 cm³/mol. The molecule has 0 aromatic heterocycles. The number of unbranched alkanes of at least 4 members (excludes halogenated alkanes) is 11. The van der Waals surface area contributed by atoms with Crippen molar-refractivity contribution in [1.82, 2.24) is 0 Å². The minimum absolute atomic E-state index is 1.06. The Morgan fingerprint density at radius 3 is 1.23 bits per heavy atom. The molecule has 0 amide bonds. The van der Waals surface area contributed by atoms with Crippen molar-refractivity contribution >= 4 is 0 Å². The SMILES string of the molecule is CCCCCCCCCCCCCC[N+](C)(C)C[N+](C)(C)C. The van der Waals surface area contributed by atoms with Crippen LogP contribution in [-0.2, 0) is 0 Å². The van der Waals surface area contributed by atoms with E-state index >= 15 is 0 Å². The van der Waals surface area contributed by atoms with E-state index in [4.69, 9.17) is 0 Å². The summed E-state index contributed by atoms with van der Waals surface area (Å²) >= 11 is 0. The van der Waals surface area contributed by atoms with Gasteiger partial charge in [0.1, 0.15) is 0 Å². The third-order valence-corrected chi connectivity index (χ3v) is 4.42. The molecule has 0 atom stereocenters. The quantitative estimate of drug-likeness (QED) is 0.215. The lowest BCUT2D eigenvalue weighted by Crippen LogP contribution is -2.53. The highest BCUT2D eigenvalue weighted by Crippen LogP contribution is 2.13. The molecule has 0 spiro atoms. The van der Waals surface area contributed by atoms with Crippen molar-refractivity contribution in [2.75, 3.05) is 48.5 Å². The van der Waals surface area contributed by atoms with Crippen molar-refractivity contribution in [1.29, 1.82) is 0 Å². The summed E-state index contributed by atoms with van der Waals surface area (Å²) in [5.41, 5.74) is 0. The third-order valence-electron chi connectivity index (χ3n) is 4.42. The molecule has 0 unspecified atom stereocenters. The Morgan fingerprint density at radius 2 is 0.864 bits per heavy atom. The molecule has 0 N–H and O–H groups in total. The van der Waals surface area contributed by atoms with Gasteiger partial charge in [-0.1, -0.05) is 71.1 Å². The molecule has 2 heteroatoms. The van der Waals surface area contributed by atoms with Gasteiger partial charge in [-0.05, 0) is 12.8 Å². The number of nitrogens with zero attached hydrogens (tertiary/aromatic N) is 2. The summed E-state index contributed by atoms with van der Waals surface area (Å²) in [6.45, 7) is 4.84. The van der Waals surface area contributed by atoms with E-state index in [-0.39, 0.29) is 0 Å². The molecular weight excluding hydrogens is 268 g/mol. The Balaban J connectivity index is 3.33. The highest BCUT2D eigenvalue weighted by molar-refractivity contribution is 4.48. The maximum absolute atomic E-state index is 2.38. The molecule has 0 aliphatic carbocycles. The molecule has 2 nitrogen and oxygen atoms in total. The Hall–Kier alpha value is -0.0800. The van der Waals surface area contributed by atoms with Crippen LogP contribution in [0.25, 0.3) is 0 Å². The van der Waals surface area contributed by atoms with Crippen LogP contribution < -0.4 is 0 Å². The molecule has 0 aliphatic heterocycles. The second-order valence-electron chi connectivity index (χ2n) is 8.98. The van der Waals surface area contributed by atoms with Crippen LogP contribution in [0.1, 0.15) is 84.0 Å². The first-order chi connectivity index (χ1) is 10.3. The van der Waals surface area contributed by atoms with Gasteiger partial charge in [0, 0.05) is 0 Å². The monoisotopic (exact) mass is 314 g/mol. The lowest BCUT2D eigenvalue weighted by molar-refractivity contribution is -1.06. The van der Waals surface area contributed by atoms with E-state index in [0.29, 0.717) is 0 Å². The van der Waals surface area contributed by atoms with Crippen molar-refractivity contribution < 1.29 is 8.97 Å². The average molecular weight is 315 g/mol. The largest absolute Gasteiger partial charge is 0.284 e. The Morgan fingerprint density at radius 1 is 0.500 bits per heavy atom. The average Bonchev–Trinajstić information content (AvgIpc) is 2.37. The first-order valence-corrected chi connectivity index (χ1v) is 9.89. The zero-order valence-corrected chi connectivity index (χ0v) is 16.8. The summed E-state index contributed by atoms with van der Waals surface area (Å²) in [6.07, 6.45) is 17.3. The van der Waals surface area contributed by atoms with Gasteiger partial charge in [0.15, 0.2) is 0 Å². The van der Waals surface area contributed by atoms with Crippen LogP contribution >= 0.6 is 0 Å². The van der Waals surface area contributed by atoms with Crippen LogP contribution in [0.4, 0.5) is 0 Å². The van der Waals surface area contributed by atoms with E-state index in [1.54, 1.807) is 0 Å². The molecule has 0 saturated carbocycles. The first-order valence-electron chi connectivity index (χ1n) is 9.89. The Labute approximate surface area is 142 Å². The molecule has 0 saturated heterocycles. The van der Waals surface area contributed by atoms with Crippen LogP contribution in [-0.4, -0.2) is 57.4 Å². The van der Waals surface area contributed by atoms with E-state index in [2.05, 4.69) is 42.2 Å². The summed E-state index contributed by atoms with van der Waals surface area (Å²) in [7, 11) is 11.6. The molecule has 0 aliphatic rings. The smallest absolute Gasteiger partial charge is 0.206 e. The lowest BCUT2D eigenvalue weighted by Gasteiger charge is -2.36. The topological polar surface area (TPSA) is 0 Å². The van der Waals surface area contributed by atoms with Gasteiger partial charge in [-0.3, -0.25) is 8.97 Å². The van der Waals surface area contributed by atoms with Crippen LogP contribution in [0.5, 0.6) is 0 Å². The minimum atomic E-state index is 1.06. The molecule has 22 heavy (non-hydrogen) atoms. The number of hydrogen-bond donors (Lipinski definition) is 0. The highest BCUT2D eigenvalue weighted by atomic mass is 15.5. The van der Waals surface area contributed by atoms with E-state index < -0.39 is 0 Å². The molecular formula is C20H46N2+2. The number of quaternary nitrogens is 2. The van der Waals surface area contributed by atoms with Gasteiger partial charge in [0.25, 0.3) is 0 Å². The minimum Gasteiger partial charge on any atom is -0.284 e. The standard InChI is InChI=1S/C20H46N2/c1-7-8-9-10-11-12-13-14-15-16-17-18-19-22(5,6)20-21(2,3)4/h7-20H2,1-6H3/q+2. The third kappa shape index (κ3) is 16.3. The van der Waals surface area contributed by atoms with Crippen LogP contribution in [0.2, 0.25) is 0 Å². The van der Waals surface area contributed by atoms with Gasteiger partial charge >= 0.3 is 0 Å². The van der Waals surface area contributed by atoms with Crippen molar-refractivity contribution in [2.45, 2.75) is 84.0 Å². The normalized spacial score (nSPS) is 12.8. The van der Waals surface area contributed by atoms with Gasteiger partial charge in [-0.2, -0.15) is 0 Å². The second kappa shape index (κ2) is 12.4. The molecule has 0 aromatic rings. The number of hydrogen-bond acceptors (Lipinski definition) is 0. The van der Waals surface area contributed by atoms with Crippen molar-refractivity contribution in [3.63, 3.8) is 0 Å². The van der Waals surface area contributed by atoms with E-state index in [1.807, 2.05) is 0 Å². The summed E-state index contributed by atoms with van der Waals surface area (Å²) in [5, 5.41) is 0. The molecule has 0 aromatic carbocycles. The van der Waals surface area contributed by atoms with Gasteiger partial charge < -0.3 is 0 Å². The Kier molecular flexibility index (Phi) is 12.3. The predicted octanol–water partition coefficient (Wildman–Crippen LogP) is 5.43. The lowest BCUT2D eigenvalue weighted by atomic mass is 10.1. The van der Waals surface area contributed by atoms with Gasteiger partial charge in [0.2, 0.25) is 6.67 Å². The van der Waals surface area contributed by atoms with Crippen molar-refractivity contribution in [3.8, 4) is 0 Å². The van der Waals surface area contributed by atoms with E-state index in [1.165, 1.54) is 90.3 Å². The highest BCUT2D eigenvalue weighted by Gasteiger charge is 2.22. The maximum atomic E-state index is 2.38. The fourth-order valence-electron chi connectivity index (χ4n) is 3.60. The zero-order valence-electron chi connectivity index (χ0n) is 16.8. The molecule has 134 valence electrons. The van der Waals surface area contributed by atoms with Gasteiger partial charge in [-0.25, -0.2) is 0 Å². The maximum Gasteiger partial charge on any atom is 0.206 e. The van der Waals surface area contributed by atoms with Gasteiger partial charge in [-0.15, -0.1) is 0 Å². The van der Waals surface area contributed by atoms with E-state index in [9.17, 15) is 0 Å². The summed E-state index contributed by atoms with van der Waals surface area (Å²) in [4.78, 5) is 0. The van der Waals surface area contributed by atoms with Crippen LogP contribution in [0.15, 0.2) is 0 Å². The second-order valence-corrected chi connectivity index (χ2v) is 8.98. The summed E-state index contributed by atoms with van der Waals surface area (Å²) in [5.74, 6) is 0. The first kappa shape index (κ1) is 21.9.